The zero-order valence-corrected chi connectivity index (χ0v) is 10.0. The molecule has 8 heteroatoms. The van der Waals surface area contributed by atoms with Gasteiger partial charge in [0, 0.05) is 23.1 Å². The molecule has 6 nitrogen and oxygen atoms in total. The molecule has 0 amide bonds. The summed E-state index contributed by atoms with van der Waals surface area (Å²) in [5.74, 6) is -1.48. The van der Waals surface area contributed by atoms with Gasteiger partial charge < -0.3 is 10.8 Å². The molecule has 0 aliphatic rings. The topological polar surface area (TPSA) is 106 Å². The van der Waals surface area contributed by atoms with Crippen molar-refractivity contribution in [2.45, 2.75) is 11.8 Å². The van der Waals surface area contributed by atoms with E-state index >= 15 is 0 Å². The predicted molar refractivity (Wildman–Crippen MR) is 64.8 cm³/mol. The Kier molecular flexibility index (Phi) is 5.05. The summed E-state index contributed by atoms with van der Waals surface area (Å²) in [4.78, 5) is 20.6. The lowest BCUT2D eigenvalue weighted by atomic mass is 10.2. The zero-order chi connectivity index (χ0) is 13.7. The first-order valence-electron chi connectivity index (χ1n) is 4.90. The standard InChI is InChI=1S/C10H11FN2O4S/c11-7-1-2-9(13(16)17)6(3-7)4-18-5-8(12)10(14)15/h1-3,8H,4-5,12H2,(H,14,15)/t8-/m0/s1. The first-order valence-corrected chi connectivity index (χ1v) is 6.06. The van der Waals surface area contributed by atoms with E-state index < -0.39 is 22.8 Å². The van der Waals surface area contributed by atoms with Crippen LogP contribution in [0.1, 0.15) is 5.56 Å². The van der Waals surface area contributed by atoms with Crippen LogP contribution in [-0.2, 0) is 10.5 Å². The predicted octanol–water partition coefficient (Wildman–Crippen LogP) is 1.38. The molecule has 1 aromatic carbocycles. The van der Waals surface area contributed by atoms with Crippen LogP contribution in [0.3, 0.4) is 0 Å². The Morgan fingerprint density at radius 2 is 2.28 bits per heavy atom. The molecule has 0 saturated carbocycles. The van der Waals surface area contributed by atoms with E-state index in [1.165, 1.54) is 0 Å². The van der Waals surface area contributed by atoms with Crippen molar-refractivity contribution < 1.29 is 19.2 Å². The summed E-state index contributed by atoms with van der Waals surface area (Å²) in [6.45, 7) is 0. The van der Waals surface area contributed by atoms with Gasteiger partial charge in [0.15, 0.2) is 0 Å². The summed E-state index contributed by atoms with van der Waals surface area (Å²) in [5.41, 5.74) is 5.30. The lowest BCUT2D eigenvalue weighted by Gasteiger charge is -2.06. The Bertz CT molecular complexity index is 469. The third-order valence-corrected chi connectivity index (χ3v) is 3.22. The fourth-order valence-electron chi connectivity index (χ4n) is 1.21. The lowest BCUT2D eigenvalue weighted by Crippen LogP contribution is -2.32. The largest absolute Gasteiger partial charge is 0.480 e. The van der Waals surface area contributed by atoms with E-state index in [9.17, 15) is 19.3 Å². The number of nitrogens with zero attached hydrogens (tertiary/aromatic N) is 1. The minimum Gasteiger partial charge on any atom is -0.480 e. The third kappa shape index (κ3) is 3.97. The summed E-state index contributed by atoms with van der Waals surface area (Å²) in [6.07, 6.45) is 0. The molecular formula is C10H11FN2O4S. The monoisotopic (exact) mass is 274 g/mol. The number of halogens is 1. The average Bonchev–Trinajstić information content (AvgIpc) is 2.28. The van der Waals surface area contributed by atoms with E-state index in [1.807, 2.05) is 0 Å². The van der Waals surface area contributed by atoms with Gasteiger partial charge in [-0.15, -0.1) is 0 Å². The second kappa shape index (κ2) is 6.31. The number of rotatable bonds is 6. The molecule has 0 aliphatic carbocycles. The number of aliphatic carboxylic acids is 1. The van der Waals surface area contributed by atoms with Crippen molar-refractivity contribution in [3.05, 3.63) is 39.7 Å². The molecule has 0 aliphatic heterocycles. The Morgan fingerprint density at radius 1 is 1.61 bits per heavy atom. The van der Waals surface area contributed by atoms with E-state index in [0.29, 0.717) is 0 Å². The summed E-state index contributed by atoms with van der Waals surface area (Å²) in [6, 6.07) is 2.12. The van der Waals surface area contributed by atoms with E-state index in [0.717, 1.165) is 30.0 Å². The maximum atomic E-state index is 13.0. The fraction of sp³-hybridized carbons (Fsp3) is 0.300. The van der Waals surface area contributed by atoms with Crippen molar-refractivity contribution >= 4 is 23.4 Å². The van der Waals surface area contributed by atoms with Crippen molar-refractivity contribution in [1.82, 2.24) is 0 Å². The number of nitro benzene ring substituents is 1. The summed E-state index contributed by atoms with van der Waals surface area (Å²) < 4.78 is 13.0. The Morgan fingerprint density at radius 3 is 2.83 bits per heavy atom. The van der Waals surface area contributed by atoms with Crippen molar-refractivity contribution in [2.24, 2.45) is 5.73 Å². The van der Waals surface area contributed by atoms with Crippen molar-refractivity contribution in [1.29, 1.82) is 0 Å². The van der Waals surface area contributed by atoms with Crippen LogP contribution < -0.4 is 5.73 Å². The van der Waals surface area contributed by atoms with Crippen molar-refractivity contribution in [2.75, 3.05) is 5.75 Å². The van der Waals surface area contributed by atoms with Crippen LogP contribution >= 0.6 is 11.8 Å². The molecule has 18 heavy (non-hydrogen) atoms. The van der Waals surface area contributed by atoms with Gasteiger partial charge in [-0.25, -0.2) is 4.39 Å². The van der Waals surface area contributed by atoms with Crippen molar-refractivity contribution in [3.8, 4) is 0 Å². The highest BCUT2D eigenvalue weighted by atomic mass is 32.2. The molecule has 0 radical (unpaired) electrons. The van der Waals surface area contributed by atoms with Crippen LogP contribution in [0, 0.1) is 15.9 Å². The molecule has 0 aromatic heterocycles. The molecular weight excluding hydrogens is 263 g/mol. The first kappa shape index (κ1) is 14.4. The fourth-order valence-corrected chi connectivity index (χ4v) is 2.18. The van der Waals surface area contributed by atoms with Gasteiger partial charge in [0.05, 0.1) is 4.92 Å². The minimum absolute atomic E-state index is 0.100. The molecule has 0 saturated heterocycles. The van der Waals surface area contributed by atoms with Gasteiger partial charge in [-0.05, 0) is 12.1 Å². The van der Waals surface area contributed by atoms with Crippen LogP contribution in [0.4, 0.5) is 10.1 Å². The molecule has 1 atom stereocenters. The average molecular weight is 274 g/mol. The highest BCUT2D eigenvalue weighted by molar-refractivity contribution is 7.98. The second-order valence-electron chi connectivity index (χ2n) is 3.49. The molecule has 1 rings (SSSR count). The smallest absolute Gasteiger partial charge is 0.321 e. The number of carboxylic acid groups (broad SMARTS) is 1. The van der Waals surface area contributed by atoms with Crippen LogP contribution in [0.15, 0.2) is 18.2 Å². The van der Waals surface area contributed by atoms with Gasteiger partial charge in [-0.1, -0.05) is 0 Å². The SMILES string of the molecule is N[C@@H](CSCc1cc(F)ccc1[N+](=O)[O-])C(=O)O. The number of carboxylic acids is 1. The number of carbonyl (C=O) groups is 1. The number of thioether (sulfide) groups is 1. The number of hydrogen-bond acceptors (Lipinski definition) is 5. The molecule has 3 N–H and O–H groups in total. The summed E-state index contributed by atoms with van der Waals surface area (Å²) in [5, 5.41) is 19.3. The molecule has 1 aromatic rings. The lowest BCUT2D eigenvalue weighted by molar-refractivity contribution is -0.385. The van der Waals surface area contributed by atoms with E-state index in [-0.39, 0.29) is 22.8 Å². The maximum absolute atomic E-state index is 13.0. The molecule has 0 spiro atoms. The van der Waals surface area contributed by atoms with Gasteiger partial charge in [-0.3, -0.25) is 14.9 Å². The highest BCUT2D eigenvalue weighted by Gasteiger charge is 2.16. The Labute approximate surface area is 106 Å². The van der Waals surface area contributed by atoms with E-state index in [4.69, 9.17) is 10.8 Å². The molecule has 0 unspecified atom stereocenters. The van der Waals surface area contributed by atoms with Gasteiger partial charge >= 0.3 is 5.97 Å². The molecule has 0 bridgehead atoms. The van der Waals surface area contributed by atoms with Crippen LogP contribution in [-0.4, -0.2) is 27.8 Å². The van der Waals surface area contributed by atoms with Gasteiger partial charge in [0.1, 0.15) is 11.9 Å². The molecule has 0 heterocycles. The number of nitrogens with two attached hydrogens (primary N) is 1. The van der Waals surface area contributed by atoms with Gasteiger partial charge in [0.25, 0.3) is 5.69 Å². The summed E-state index contributed by atoms with van der Waals surface area (Å²) >= 11 is 1.11. The minimum atomic E-state index is -1.14. The van der Waals surface area contributed by atoms with Crippen LogP contribution in [0.5, 0.6) is 0 Å². The third-order valence-electron chi connectivity index (χ3n) is 2.11. The van der Waals surface area contributed by atoms with E-state index in [1.54, 1.807) is 0 Å². The molecule has 98 valence electrons. The molecule has 0 fully saturated rings. The first-order chi connectivity index (χ1) is 8.41. The Balaban J connectivity index is 2.69. The number of nitro groups is 1. The van der Waals surface area contributed by atoms with Gasteiger partial charge in [-0.2, -0.15) is 11.8 Å². The highest BCUT2D eigenvalue weighted by Crippen LogP contribution is 2.24. The van der Waals surface area contributed by atoms with Crippen molar-refractivity contribution in [3.63, 3.8) is 0 Å². The Hall–Kier alpha value is -1.67. The van der Waals surface area contributed by atoms with Gasteiger partial charge in [0.2, 0.25) is 0 Å². The number of benzene rings is 1. The van der Waals surface area contributed by atoms with Crippen LogP contribution in [0.25, 0.3) is 0 Å². The number of hydrogen-bond donors (Lipinski definition) is 2. The summed E-state index contributed by atoms with van der Waals surface area (Å²) in [7, 11) is 0. The zero-order valence-electron chi connectivity index (χ0n) is 9.21. The normalized spacial score (nSPS) is 12.1. The quantitative estimate of drug-likeness (QED) is 0.599. The maximum Gasteiger partial charge on any atom is 0.321 e. The van der Waals surface area contributed by atoms with Crippen LogP contribution in [0.2, 0.25) is 0 Å². The second-order valence-corrected chi connectivity index (χ2v) is 4.52. The van der Waals surface area contributed by atoms with E-state index in [2.05, 4.69) is 0 Å².